The zero-order chi connectivity index (χ0) is 19.9. The molecule has 9 heteroatoms. The monoisotopic (exact) mass is 398 g/mol. The fraction of sp³-hybridized carbons (Fsp3) is 0.158. The molecule has 8 nitrogen and oxygen atoms in total. The van der Waals surface area contributed by atoms with Crippen LogP contribution in [0.4, 0.5) is 16.5 Å². The zero-order valence-corrected chi connectivity index (χ0v) is 15.8. The lowest BCUT2D eigenvalue weighted by Crippen LogP contribution is -2.13. The number of aromatic nitrogens is 1. The van der Waals surface area contributed by atoms with Crippen LogP contribution in [0.3, 0.4) is 0 Å². The van der Waals surface area contributed by atoms with Crippen molar-refractivity contribution >= 4 is 45.6 Å². The molecular formula is C19H18N4O4S. The van der Waals surface area contributed by atoms with E-state index in [1.54, 1.807) is 41.8 Å². The first-order valence-electron chi connectivity index (χ1n) is 8.46. The lowest BCUT2D eigenvalue weighted by Gasteiger charge is -2.06. The average molecular weight is 398 g/mol. The van der Waals surface area contributed by atoms with Crippen molar-refractivity contribution in [2.45, 2.75) is 19.8 Å². The maximum Gasteiger partial charge on any atom is 0.293 e. The van der Waals surface area contributed by atoms with Gasteiger partial charge in [-0.25, -0.2) is 4.98 Å². The summed E-state index contributed by atoms with van der Waals surface area (Å²) < 4.78 is 5.03. The van der Waals surface area contributed by atoms with Crippen molar-refractivity contribution in [1.82, 2.24) is 4.98 Å². The van der Waals surface area contributed by atoms with Crippen LogP contribution in [0.5, 0.6) is 0 Å². The molecule has 0 unspecified atom stereocenters. The van der Waals surface area contributed by atoms with Gasteiger partial charge in [-0.2, -0.15) is 0 Å². The van der Waals surface area contributed by atoms with E-state index in [0.29, 0.717) is 22.9 Å². The number of amides is 3. The molecule has 0 atom stereocenters. The SMILES string of the molecule is CC(=O)Nc1ccc(NC(=O)CCc2csc(NC(=O)c3ccco3)n2)cc1. The molecule has 0 aliphatic carbocycles. The Kier molecular flexibility index (Phi) is 6.18. The smallest absolute Gasteiger partial charge is 0.293 e. The van der Waals surface area contributed by atoms with Crippen LogP contribution >= 0.6 is 11.3 Å². The molecule has 0 saturated heterocycles. The third-order valence-electron chi connectivity index (χ3n) is 3.61. The van der Waals surface area contributed by atoms with Crippen LogP contribution in [-0.4, -0.2) is 22.7 Å². The minimum absolute atomic E-state index is 0.151. The number of carbonyl (C=O) groups is 3. The van der Waals surface area contributed by atoms with Gasteiger partial charge < -0.3 is 15.1 Å². The molecule has 3 aromatic rings. The van der Waals surface area contributed by atoms with Crippen LogP contribution in [-0.2, 0) is 16.0 Å². The van der Waals surface area contributed by atoms with Crippen LogP contribution < -0.4 is 16.0 Å². The van der Waals surface area contributed by atoms with E-state index in [-0.39, 0.29) is 29.9 Å². The zero-order valence-electron chi connectivity index (χ0n) is 15.0. The standard InChI is InChI=1S/C19H18N4O4S/c1-12(24)20-13-4-6-14(7-5-13)21-17(25)9-8-15-11-28-19(22-15)23-18(26)16-3-2-10-27-16/h2-7,10-11H,8-9H2,1H3,(H,20,24)(H,21,25)(H,22,23,26). The van der Waals surface area contributed by atoms with Crippen LogP contribution in [0.15, 0.2) is 52.5 Å². The largest absolute Gasteiger partial charge is 0.459 e. The summed E-state index contributed by atoms with van der Waals surface area (Å²) in [6.45, 7) is 1.43. The number of thiazole rings is 1. The van der Waals surface area contributed by atoms with Crippen molar-refractivity contribution in [2.24, 2.45) is 0 Å². The molecule has 3 amide bonds. The summed E-state index contributed by atoms with van der Waals surface area (Å²) in [7, 11) is 0. The van der Waals surface area contributed by atoms with Crippen LogP contribution in [0.2, 0.25) is 0 Å². The molecule has 0 aliphatic rings. The number of hydrogen-bond acceptors (Lipinski definition) is 6. The predicted molar refractivity (Wildman–Crippen MR) is 106 cm³/mol. The second-order valence-electron chi connectivity index (χ2n) is 5.88. The van der Waals surface area contributed by atoms with Gasteiger partial charge in [-0.15, -0.1) is 11.3 Å². The molecule has 28 heavy (non-hydrogen) atoms. The molecule has 144 valence electrons. The van der Waals surface area contributed by atoms with Gasteiger partial charge in [-0.1, -0.05) is 0 Å². The lowest BCUT2D eigenvalue weighted by atomic mass is 10.2. The summed E-state index contributed by atoms with van der Waals surface area (Å²) in [5.41, 5.74) is 2.02. The second-order valence-corrected chi connectivity index (χ2v) is 6.74. The number of rotatable bonds is 7. The molecule has 0 saturated carbocycles. The fourth-order valence-corrected chi connectivity index (χ4v) is 3.09. The predicted octanol–water partition coefficient (Wildman–Crippen LogP) is 3.52. The van der Waals surface area contributed by atoms with Crippen molar-refractivity contribution in [1.29, 1.82) is 0 Å². The molecule has 3 rings (SSSR count). The highest BCUT2D eigenvalue weighted by molar-refractivity contribution is 7.13. The van der Waals surface area contributed by atoms with E-state index < -0.39 is 0 Å². The van der Waals surface area contributed by atoms with E-state index in [9.17, 15) is 14.4 Å². The highest BCUT2D eigenvalue weighted by atomic mass is 32.1. The van der Waals surface area contributed by atoms with E-state index in [1.165, 1.54) is 24.5 Å². The Morgan fingerprint density at radius 2 is 1.75 bits per heavy atom. The van der Waals surface area contributed by atoms with Gasteiger partial charge in [0.25, 0.3) is 5.91 Å². The molecule has 2 aromatic heterocycles. The first kappa shape index (κ1) is 19.3. The Balaban J connectivity index is 1.46. The topological polar surface area (TPSA) is 113 Å². The number of benzene rings is 1. The van der Waals surface area contributed by atoms with E-state index in [2.05, 4.69) is 20.9 Å². The third kappa shape index (κ3) is 5.52. The van der Waals surface area contributed by atoms with Crippen LogP contribution in [0, 0.1) is 0 Å². The van der Waals surface area contributed by atoms with Crippen LogP contribution in [0.1, 0.15) is 29.6 Å². The Hall–Kier alpha value is -3.46. The summed E-state index contributed by atoms with van der Waals surface area (Å²) in [5.74, 6) is -0.465. The average Bonchev–Trinajstić information content (AvgIpc) is 3.33. The molecular weight excluding hydrogens is 380 g/mol. The summed E-state index contributed by atoms with van der Waals surface area (Å²) in [6.07, 6.45) is 2.12. The van der Waals surface area contributed by atoms with E-state index in [0.717, 1.165) is 5.69 Å². The highest BCUT2D eigenvalue weighted by Crippen LogP contribution is 2.18. The second kappa shape index (κ2) is 8.96. The number of carbonyl (C=O) groups excluding carboxylic acids is 3. The lowest BCUT2D eigenvalue weighted by molar-refractivity contribution is -0.116. The minimum atomic E-state index is -0.369. The Morgan fingerprint density at radius 1 is 1.04 bits per heavy atom. The number of furan rings is 1. The van der Waals surface area contributed by atoms with Gasteiger partial charge in [0.05, 0.1) is 12.0 Å². The number of anilines is 3. The number of nitrogens with zero attached hydrogens (tertiary/aromatic N) is 1. The van der Waals surface area contributed by atoms with Gasteiger partial charge in [0.2, 0.25) is 11.8 Å². The molecule has 0 aliphatic heterocycles. The van der Waals surface area contributed by atoms with Gasteiger partial charge in [0.15, 0.2) is 10.9 Å². The van der Waals surface area contributed by atoms with Gasteiger partial charge in [0.1, 0.15) is 0 Å². The van der Waals surface area contributed by atoms with Gasteiger partial charge >= 0.3 is 0 Å². The fourth-order valence-electron chi connectivity index (χ4n) is 2.35. The van der Waals surface area contributed by atoms with E-state index >= 15 is 0 Å². The number of hydrogen-bond donors (Lipinski definition) is 3. The summed E-state index contributed by atoms with van der Waals surface area (Å²) in [5, 5.41) is 10.4. The Labute approximate surface area is 165 Å². The van der Waals surface area contributed by atoms with Gasteiger partial charge in [-0.3, -0.25) is 19.7 Å². The first-order chi connectivity index (χ1) is 13.5. The molecule has 2 heterocycles. The molecule has 0 bridgehead atoms. The maximum absolute atomic E-state index is 12.1. The highest BCUT2D eigenvalue weighted by Gasteiger charge is 2.12. The molecule has 3 N–H and O–H groups in total. The molecule has 1 aromatic carbocycles. The summed E-state index contributed by atoms with van der Waals surface area (Å²) >= 11 is 1.29. The van der Waals surface area contributed by atoms with Crippen molar-refractivity contribution < 1.29 is 18.8 Å². The maximum atomic E-state index is 12.1. The minimum Gasteiger partial charge on any atom is -0.459 e. The number of aryl methyl sites for hydroxylation is 1. The number of nitrogens with one attached hydrogen (secondary N) is 3. The van der Waals surface area contributed by atoms with Crippen molar-refractivity contribution in [2.75, 3.05) is 16.0 Å². The van der Waals surface area contributed by atoms with E-state index in [4.69, 9.17) is 4.42 Å². The van der Waals surface area contributed by atoms with Gasteiger partial charge in [-0.05, 0) is 42.8 Å². The molecule has 0 fully saturated rings. The van der Waals surface area contributed by atoms with Gasteiger partial charge in [0, 0.05) is 30.1 Å². The summed E-state index contributed by atoms with van der Waals surface area (Å²) in [4.78, 5) is 39.3. The van der Waals surface area contributed by atoms with E-state index in [1.807, 2.05) is 0 Å². The molecule has 0 spiro atoms. The van der Waals surface area contributed by atoms with Crippen molar-refractivity contribution in [3.8, 4) is 0 Å². The quantitative estimate of drug-likeness (QED) is 0.563. The van der Waals surface area contributed by atoms with Crippen molar-refractivity contribution in [3.63, 3.8) is 0 Å². The normalized spacial score (nSPS) is 10.3. The van der Waals surface area contributed by atoms with Crippen LogP contribution in [0.25, 0.3) is 0 Å². The third-order valence-corrected chi connectivity index (χ3v) is 4.42. The molecule has 0 radical (unpaired) electrons. The Bertz CT molecular complexity index is 964. The Morgan fingerprint density at radius 3 is 2.39 bits per heavy atom. The first-order valence-corrected chi connectivity index (χ1v) is 9.34. The summed E-state index contributed by atoms with van der Waals surface area (Å²) in [6, 6.07) is 10.1. The van der Waals surface area contributed by atoms with Crippen molar-refractivity contribution in [3.05, 3.63) is 59.5 Å².